The molecule has 0 bridgehead atoms. The van der Waals surface area contributed by atoms with Crippen molar-refractivity contribution in [3.8, 4) is 11.5 Å². The summed E-state index contributed by atoms with van der Waals surface area (Å²) in [7, 11) is 1.64. The van der Waals surface area contributed by atoms with Gasteiger partial charge in [-0.1, -0.05) is 0 Å². The van der Waals surface area contributed by atoms with Crippen molar-refractivity contribution in [1.82, 2.24) is 0 Å². The van der Waals surface area contributed by atoms with E-state index in [4.69, 9.17) is 15.2 Å². The summed E-state index contributed by atoms with van der Waals surface area (Å²) in [5.41, 5.74) is 5.39. The number of methoxy groups -OCH3 is 1. The number of nitrogens with two attached hydrogens (primary N) is 1. The first-order valence-corrected chi connectivity index (χ1v) is 5.73. The SMILES string of the molecule is COc1ccc(OCCCCN)c(Br)c1. The second kappa shape index (κ2) is 6.69. The van der Waals surface area contributed by atoms with Gasteiger partial charge >= 0.3 is 0 Å². The zero-order valence-corrected chi connectivity index (χ0v) is 10.4. The topological polar surface area (TPSA) is 44.5 Å². The standard InChI is InChI=1S/C11H16BrNO2/c1-14-9-4-5-11(10(12)8-9)15-7-3-2-6-13/h4-5,8H,2-3,6-7,13H2,1H3. The summed E-state index contributed by atoms with van der Waals surface area (Å²) in [5.74, 6) is 1.66. The van der Waals surface area contributed by atoms with Crippen molar-refractivity contribution in [1.29, 1.82) is 0 Å². The lowest BCUT2D eigenvalue weighted by molar-refractivity contribution is 0.305. The van der Waals surface area contributed by atoms with Crippen LogP contribution < -0.4 is 15.2 Å². The van der Waals surface area contributed by atoms with Gasteiger partial charge in [0.15, 0.2) is 0 Å². The molecule has 0 spiro atoms. The zero-order valence-electron chi connectivity index (χ0n) is 8.83. The molecular formula is C11H16BrNO2. The quantitative estimate of drug-likeness (QED) is 0.811. The van der Waals surface area contributed by atoms with Gasteiger partial charge in [0, 0.05) is 0 Å². The lowest BCUT2D eigenvalue weighted by atomic mass is 10.3. The molecule has 1 aromatic rings. The number of unbranched alkanes of at least 4 members (excludes halogenated alkanes) is 1. The third-order valence-electron chi connectivity index (χ3n) is 2.00. The van der Waals surface area contributed by atoms with Gasteiger partial charge in [-0.3, -0.25) is 0 Å². The van der Waals surface area contributed by atoms with Crippen molar-refractivity contribution in [2.45, 2.75) is 12.8 Å². The Hall–Kier alpha value is -0.740. The van der Waals surface area contributed by atoms with Crippen LogP contribution in [0.25, 0.3) is 0 Å². The van der Waals surface area contributed by atoms with E-state index in [1.165, 1.54) is 0 Å². The molecular weight excluding hydrogens is 258 g/mol. The highest BCUT2D eigenvalue weighted by Crippen LogP contribution is 2.29. The van der Waals surface area contributed by atoms with Gasteiger partial charge in [0.25, 0.3) is 0 Å². The summed E-state index contributed by atoms with van der Waals surface area (Å²) in [6.07, 6.45) is 1.97. The first-order valence-electron chi connectivity index (χ1n) is 4.94. The Morgan fingerprint density at radius 1 is 1.33 bits per heavy atom. The largest absolute Gasteiger partial charge is 0.497 e. The molecule has 1 aromatic carbocycles. The van der Waals surface area contributed by atoms with Crippen LogP contribution in [0.5, 0.6) is 11.5 Å². The van der Waals surface area contributed by atoms with Crippen molar-refractivity contribution in [3.05, 3.63) is 22.7 Å². The van der Waals surface area contributed by atoms with Crippen molar-refractivity contribution in [2.75, 3.05) is 20.3 Å². The maximum absolute atomic E-state index is 5.58. The van der Waals surface area contributed by atoms with Gasteiger partial charge in [-0.05, 0) is 53.5 Å². The summed E-state index contributed by atoms with van der Waals surface area (Å²) in [6, 6.07) is 5.66. The molecule has 2 N–H and O–H groups in total. The lowest BCUT2D eigenvalue weighted by Crippen LogP contribution is -2.03. The number of benzene rings is 1. The van der Waals surface area contributed by atoms with Crippen LogP contribution in [-0.2, 0) is 0 Å². The van der Waals surface area contributed by atoms with Crippen LogP contribution in [-0.4, -0.2) is 20.3 Å². The number of halogens is 1. The first kappa shape index (κ1) is 12.3. The third kappa shape index (κ3) is 4.10. The first-order chi connectivity index (χ1) is 7.27. The molecule has 0 radical (unpaired) electrons. The summed E-state index contributed by atoms with van der Waals surface area (Å²) in [5, 5.41) is 0. The average molecular weight is 274 g/mol. The van der Waals surface area contributed by atoms with E-state index in [2.05, 4.69) is 15.9 Å². The van der Waals surface area contributed by atoms with Gasteiger partial charge < -0.3 is 15.2 Å². The Morgan fingerprint density at radius 2 is 2.13 bits per heavy atom. The fraction of sp³-hybridized carbons (Fsp3) is 0.455. The monoisotopic (exact) mass is 273 g/mol. The van der Waals surface area contributed by atoms with E-state index in [-0.39, 0.29) is 0 Å². The van der Waals surface area contributed by atoms with E-state index >= 15 is 0 Å². The molecule has 4 heteroatoms. The van der Waals surface area contributed by atoms with Crippen LogP contribution in [0.3, 0.4) is 0 Å². The number of ether oxygens (including phenoxy) is 2. The fourth-order valence-electron chi connectivity index (χ4n) is 1.15. The number of rotatable bonds is 6. The summed E-state index contributed by atoms with van der Waals surface area (Å²) in [6.45, 7) is 1.41. The summed E-state index contributed by atoms with van der Waals surface area (Å²) < 4.78 is 11.6. The molecule has 0 saturated carbocycles. The molecule has 0 amide bonds. The van der Waals surface area contributed by atoms with Crippen LogP contribution in [0.4, 0.5) is 0 Å². The molecule has 0 heterocycles. The molecule has 0 saturated heterocycles. The minimum Gasteiger partial charge on any atom is -0.497 e. The van der Waals surface area contributed by atoms with Crippen LogP contribution in [0.15, 0.2) is 22.7 Å². The van der Waals surface area contributed by atoms with Gasteiger partial charge in [0.2, 0.25) is 0 Å². The lowest BCUT2D eigenvalue weighted by Gasteiger charge is -2.08. The second-order valence-corrected chi connectivity index (χ2v) is 3.99. The molecule has 1 rings (SSSR count). The van der Waals surface area contributed by atoms with Gasteiger partial charge in [-0.2, -0.15) is 0 Å². The molecule has 0 atom stereocenters. The Labute approximate surface area is 98.7 Å². The van der Waals surface area contributed by atoms with E-state index in [1.54, 1.807) is 7.11 Å². The maximum Gasteiger partial charge on any atom is 0.133 e. The molecule has 3 nitrogen and oxygen atoms in total. The average Bonchev–Trinajstić information content (AvgIpc) is 2.26. The Bertz CT molecular complexity index is 305. The molecule has 15 heavy (non-hydrogen) atoms. The Balaban J connectivity index is 2.47. The highest BCUT2D eigenvalue weighted by atomic mass is 79.9. The molecule has 0 aromatic heterocycles. The van der Waals surface area contributed by atoms with Gasteiger partial charge in [-0.25, -0.2) is 0 Å². The molecule has 0 aliphatic rings. The van der Waals surface area contributed by atoms with E-state index in [9.17, 15) is 0 Å². The van der Waals surface area contributed by atoms with Crippen LogP contribution in [0.2, 0.25) is 0 Å². The van der Waals surface area contributed by atoms with Crippen LogP contribution in [0.1, 0.15) is 12.8 Å². The van der Waals surface area contributed by atoms with Crippen molar-refractivity contribution in [3.63, 3.8) is 0 Å². The third-order valence-corrected chi connectivity index (χ3v) is 2.61. The molecule has 0 fully saturated rings. The summed E-state index contributed by atoms with van der Waals surface area (Å²) >= 11 is 3.43. The highest BCUT2D eigenvalue weighted by Gasteiger charge is 2.02. The van der Waals surface area contributed by atoms with Crippen molar-refractivity contribution in [2.24, 2.45) is 5.73 Å². The van der Waals surface area contributed by atoms with Crippen LogP contribution in [0, 0.1) is 0 Å². The zero-order chi connectivity index (χ0) is 11.1. The van der Waals surface area contributed by atoms with Crippen molar-refractivity contribution < 1.29 is 9.47 Å². The second-order valence-electron chi connectivity index (χ2n) is 3.14. The number of hydrogen-bond acceptors (Lipinski definition) is 3. The van der Waals surface area contributed by atoms with E-state index < -0.39 is 0 Å². The minimum absolute atomic E-state index is 0.697. The normalized spacial score (nSPS) is 10.1. The van der Waals surface area contributed by atoms with E-state index in [0.717, 1.165) is 28.8 Å². The molecule has 0 aliphatic heterocycles. The van der Waals surface area contributed by atoms with Gasteiger partial charge in [0.1, 0.15) is 11.5 Å². The minimum atomic E-state index is 0.697. The smallest absolute Gasteiger partial charge is 0.133 e. The van der Waals surface area contributed by atoms with Gasteiger partial charge in [0.05, 0.1) is 18.2 Å². The fourth-order valence-corrected chi connectivity index (χ4v) is 1.63. The molecule has 0 unspecified atom stereocenters. The molecule has 84 valence electrons. The van der Waals surface area contributed by atoms with Crippen LogP contribution >= 0.6 is 15.9 Å². The van der Waals surface area contributed by atoms with Crippen molar-refractivity contribution >= 4 is 15.9 Å². The van der Waals surface area contributed by atoms with E-state index in [1.807, 2.05) is 18.2 Å². The van der Waals surface area contributed by atoms with E-state index in [0.29, 0.717) is 13.2 Å². The Kier molecular flexibility index (Phi) is 5.50. The summed E-state index contributed by atoms with van der Waals surface area (Å²) in [4.78, 5) is 0. The van der Waals surface area contributed by atoms with Gasteiger partial charge in [-0.15, -0.1) is 0 Å². The maximum atomic E-state index is 5.58. The number of hydrogen-bond donors (Lipinski definition) is 1. The highest BCUT2D eigenvalue weighted by molar-refractivity contribution is 9.10. The molecule has 0 aliphatic carbocycles. The predicted molar refractivity (Wildman–Crippen MR) is 64.5 cm³/mol. The Morgan fingerprint density at radius 3 is 2.73 bits per heavy atom. The predicted octanol–water partition coefficient (Wildman–Crippen LogP) is 2.58.